The van der Waals surface area contributed by atoms with Crippen LogP contribution in [-0.4, -0.2) is 26.2 Å². The molecule has 0 radical (unpaired) electrons. The van der Waals surface area contributed by atoms with Gasteiger partial charge in [0, 0.05) is 17.5 Å². The van der Waals surface area contributed by atoms with Gasteiger partial charge in [0.25, 0.3) is 0 Å². The van der Waals surface area contributed by atoms with E-state index in [2.05, 4.69) is 4.72 Å². The molecule has 21 heavy (non-hydrogen) atoms. The first-order chi connectivity index (χ1) is 9.72. The summed E-state index contributed by atoms with van der Waals surface area (Å²) in [6.07, 6.45) is 0.314. The van der Waals surface area contributed by atoms with Crippen molar-refractivity contribution in [2.24, 2.45) is 0 Å². The lowest BCUT2D eigenvalue weighted by Gasteiger charge is -2.25. The highest BCUT2D eigenvalue weighted by atomic mass is 32.2. The molecule has 2 N–H and O–H groups in total. The Labute approximate surface area is 127 Å². The highest BCUT2D eigenvalue weighted by molar-refractivity contribution is 7.84. The molecule has 0 aliphatic carbocycles. The van der Waals surface area contributed by atoms with Crippen LogP contribution in [0.25, 0.3) is 0 Å². The van der Waals surface area contributed by atoms with Crippen molar-refractivity contribution in [3.63, 3.8) is 0 Å². The second-order valence-corrected chi connectivity index (χ2v) is 8.36. The number of hydrogen-bond acceptors (Lipinski definition) is 3. The zero-order chi connectivity index (χ0) is 15.8. The molecule has 1 aliphatic heterocycles. The Bertz CT molecular complexity index is 557. The fourth-order valence-corrected chi connectivity index (χ4v) is 3.09. The van der Waals surface area contributed by atoms with Gasteiger partial charge in [0.1, 0.15) is 17.7 Å². The van der Waals surface area contributed by atoms with Gasteiger partial charge < -0.3 is 9.84 Å². The Morgan fingerprint density at radius 2 is 2.19 bits per heavy atom. The number of ether oxygens (including phenoxy) is 1. The molecular weight excluding hydrogens is 293 g/mol. The van der Waals surface area contributed by atoms with Crippen LogP contribution in [-0.2, 0) is 24.0 Å². The number of aliphatic hydroxyl groups is 1. The Balaban J connectivity index is 2.11. The maximum Gasteiger partial charge on any atom is 0.128 e. The number of fused-ring (bicyclic) bond motifs is 1. The molecule has 0 bridgehead atoms. The average Bonchev–Trinajstić information content (AvgIpc) is 2.80. The molecule has 1 unspecified atom stereocenters. The van der Waals surface area contributed by atoms with Crippen molar-refractivity contribution >= 4 is 11.0 Å². The van der Waals surface area contributed by atoms with Gasteiger partial charge in [-0.25, -0.2) is 13.3 Å². The maximum atomic E-state index is 13.5. The zero-order valence-corrected chi connectivity index (χ0v) is 13.6. The highest BCUT2D eigenvalue weighted by Gasteiger charge is 2.32. The minimum atomic E-state index is -1.19. The number of aliphatic hydroxyl groups excluding tert-OH is 1. The predicted molar refractivity (Wildman–Crippen MR) is 80.9 cm³/mol. The monoisotopic (exact) mass is 315 g/mol. The van der Waals surface area contributed by atoms with Crippen LogP contribution in [0.1, 0.15) is 38.8 Å². The first kappa shape index (κ1) is 16.4. The molecule has 1 aliphatic rings. The third-order valence-corrected chi connectivity index (χ3v) is 5.17. The van der Waals surface area contributed by atoms with Gasteiger partial charge in [0.15, 0.2) is 0 Å². The number of nitrogens with one attached hydrogen (secondary N) is 1. The lowest BCUT2D eigenvalue weighted by molar-refractivity contribution is 0.192. The van der Waals surface area contributed by atoms with Crippen molar-refractivity contribution in [2.45, 2.75) is 57.6 Å². The number of rotatable bonds is 4. The van der Waals surface area contributed by atoms with Crippen LogP contribution in [0.4, 0.5) is 4.39 Å². The van der Waals surface area contributed by atoms with E-state index in [0.717, 1.165) is 5.56 Å². The predicted octanol–water partition coefficient (Wildman–Crippen LogP) is 2.06. The molecule has 0 saturated carbocycles. The molecule has 2 rings (SSSR count). The van der Waals surface area contributed by atoms with E-state index in [-0.39, 0.29) is 29.3 Å². The van der Waals surface area contributed by atoms with E-state index in [9.17, 15) is 13.7 Å². The normalized spacial score (nSPS) is 20.8. The van der Waals surface area contributed by atoms with Gasteiger partial charge in [-0.1, -0.05) is 0 Å². The van der Waals surface area contributed by atoms with Crippen LogP contribution in [0.15, 0.2) is 12.1 Å². The molecule has 0 fully saturated rings. The van der Waals surface area contributed by atoms with E-state index in [0.29, 0.717) is 17.7 Å². The lowest BCUT2D eigenvalue weighted by Crippen LogP contribution is -2.45. The fraction of sp³-hybridized carbons (Fsp3) is 0.600. The van der Waals surface area contributed by atoms with E-state index < -0.39 is 11.0 Å². The van der Waals surface area contributed by atoms with E-state index in [1.807, 2.05) is 27.7 Å². The molecule has 118 valence electrons. The molecule has 3 atom stereocenters. The fourth-order valence-electron chi connectivity index (χ4n) is 2.24. The summed E-state index contributed by atoms with van der Waals surface area (Å²) in [6, 6.07) is 2.57. The Kier molecular flexibility index (Phi) is 4.70. The molecule has 6 heteroatoms. The number of benzene rings is 1. The number of halogens is 1. The van der Waals surface area contributed by atoms with Gasteiger partial charge in [-0.3, -0.25) is 0 Å². The molecule has 0 spiro atoms. The Morgan fingerprint density at radius 1 is 1.52 bits per heavy atom. The minimum Gasteiger partial charge on any atom is -0.488 e. The minimum absolute atomic E-state index is 0.146. The Hall–Kier alpha value is -0.980. The van der Waals surface area contributed by atoms with Crippen molar-refractivity contribution in [1.29, 1.82) is 0 Å². The van der Waals surface area contributed by atoms with Crippen molar-refractivity contribution in [3.05, 3.63) is 29.1 Å². The van der Waals surface area contributed by atoms with Crippen molar-refractivity contribution < 1.29 is 18.4 Å². The van der Waals surface area contributed by atoms with Crippen molar-refractivity contribution in [1.82, 2.24) is 4.72 Å². The molecule has 0 saturated heterocycles. The van der Waals surface area contributed by atoms with Gasteiger partial charge in [-0.05, 0) is 39.8 Å². The molecule has 1 aromatic carbocycles. The van der Waals surface area contributed by atoms with Gasteiger partial charge in [-0.2, -0.15) is 0 Å². The SMILES string of the molecule is C[C@@H](N[S@](=O)C(C)(C)C)C1Cc2cc(F)cc(CO)c2O1. The third-order valence-electron chi connectivity index (χ3n) is 3.48. The third kappa shape index (κ3) is 3.62. The summed E-state index contributed by atoms with van der Waals surface area (Å²) in [5.74, 6) is 0.181. The summed E-state index contributed by atoms with van der Waals surface area (Å²) in [4.78, 5) is 0. The molecule has 0 amide bonds. The van der Waals surface area contributed by atoms with Crippen LogP contribution >= 0.6 is 0 Å². The smallest absolute Gasteiger partial charge is 0.128 e. The van der Waals surface area contributed by atoms with E-state index >= 15 is 0 Å². The van der Waals surface area contributed by atoms with Crippen LogP contribution in [0.2, 0.25) is 0 Å². The van der Waals surface area contributed by atoms with Crippen LogP contribution in [0, 0.1) is 5.82 Å². The van der Waals surface area contributed by atoms with Gasteiger partial charge in [-0.15, -0.1) is 0 Å². The second kappa shape index (κ2) is 6.02. The number of hydrogen-bond donors (Lipinski definition) is 2. The molecule has 1 heterocycles. The first-order valence-corrected chi connectivity index (χ1v) is 8.14. The van der Waals surface area contributed by atoms with E-state index in [4.69, 9.17) is 4.74 Å². The van der Waals surface area contributed by atoms with Crippen LogP contribution in [0.5, 0.6) is 5.75 Å². The van der Waals surface area contributed by atoms with Gasteiger partial charge in [0.05, 0.1) is 28.4 Å². The lowest BCUT2D eigenvalue weighted by atomic mass is 10.0. The summed E-state index contributed by atoms with van der Waals surface area (Å²) in [6.45, 7) is 7.32. The van der Waals surface area contributed by atoms with Gasteiger partial charge >= 0.3 is 0 Å². The zero-order valence-electron chi connectivity index (χ0n) is 12.8. The first-order valence-electron chi connectivity index (χ1n) is 6.99. The summed E-state index contributed by atoms with van der Waals surface area (Å²) in [5, 5.41) is 9.29. The largest absolute Gasteiger partial charge is 0.488 e. The highest BCUT2D eigenvalue weighted by Crippen LogP contribution is 2.34. The molecule has 4 nitrogen and oxygen atoms in total. The summed E-state index contributed by atoms with van der Waals surface area (Å²) in [7, 11) is -1.19. The van der Waals surface area contributed by atoms with Crippen LogP contribution < -0.4 is 9.46 Å². The standard InChI is InChI=1S/C15H22FNO3S/c1-9(17-21(19)15(2,3)4)13-7-10-5-12(16)6-11(8-18)14(10)20-13/h5-6,9,13,17-18H,7-8H2,1-4H3/t9-,13?,21-/m1/s1. The maximum absolute atomic E-state index is 13.5. The van der Waals surface area contributed by atoms with Crippen LogP contribution in [0.3, 0.4) is 0 Å². The second-order valence-electron chi connectivity index (χ2n) is 6.36. The van der Waals surface area contributed by atoms with Crippen molar-refractivity contribution in [3.8, 4) is 5.75 Å². The quantitative estimate of drug-likeness (QED) is 0.894. The molecule has 1 aromatic rings. The van der Waals surface area contributed by atoms with Gasteiger partial charge in [0.2, 0.25) is 0 Å². The molecule has 0 aromatic heterocycles. The Morgan fingerprint density at radius 3 is 2.76 bits per heavy atom. The topological polar surface area (TPSA) is 58.6 Å². The molecular formula is C15H22FNO3S. The summed E-state index contributed by atoms with van der Waals surface area (Å²) in [5.41, 5.74) is 1.20. The summed E-state index contributed by atoms with van der Waals surface area (Å²) < 4.78 is 34.1. The summed E-state index contributed by atoms with van der Waals surface area (Å²) >= 11 is 0. The van der Waals surface area contributed by atoms with Crippen molar-refractivity contribution in [2.75, 3.05) is 0 Å². The van der Waals surface area contributed by atoms with E-state index in [1.165, 1.54) is 12.1 Å². The van der Waals surface area contributed by atoms with E-state index in [1.54, 1.807) is 0 Å². The average molecular weight is 315 g/mol.